The summed E-state index contributed by atoms with van der Waals surface area (Å²) in [5.41, 5.74) is 1.87. The van der Waals surface area contributed by atoms with E-state index in [2.05, 4.69) is 42.5 Å². The molecular weight excluding hydrogens is 689 g/mol. The van der Waals surface area contributed by atoms with Crippen molar-refractivity contribution in [1.29, 1.82) is 0 Å². The van der Waals surface area contributed by atoms with E-state index in [-0.39, 0.29) is 26.2 Å². The highest BCUT2D eigenvalue weighted by molar-refractivity contribution is 5.95. The second-order valence-corrected chi connectivity index (χ2v) is 13.3. The van der Waals surface area contributed by atoms with Gasteiger partial charge in [0.2, 0.25) is 0 Å². The predicted molar refractivity (Wildman–Crippen MR) is 224 cm³/mol. The van der Waals surface area contributed by atoms with Crippen LogP contribution in [0.4, 0.5) is 0 Å². The van der Waals surface area contributed by atoms with Gasteiger partial charge in [0.05, 0.1) is 40.2 Å². The Bertz CT molecular complexity index is 3520. The summed E-state index contributed by atoms with van der Waals surface area (Å²) in [7, 11) is 0. The molecule has 0 spiro atoms. The van der Waals surface area contributed by atoms with E-state index in [0.29, 0.717) is 16.8 Å². The molecule has 268 valence electrons. The van der Waals surface area contributed by atoms with E-state index in [0.717, 1.165) is 33.4 Å². The highest BCUT2D eigenvalue weighted by atomic mass is 16.3. The zero-order valence-corrected chi connectivity index (χ0v) is 29.4. The quantitative estimate of drug-likeness (QED) is 0.177. The van der Waals surface area contributed by atoms with Gasteiger partial charge in [-0.2, -0.15) is 0 Å². The summed E-state index contributed by atoms with van der Waals surface area (Å²) in [6, 6.07) is 39.5. The second-order valence-electron chi connectivity index (χ2n) is 13.3. The molecule has 9 aromatic rings. The number of rotatable bonds is 7. The van der Waals surface area contributed by atoms with Crippen LogP contribution in [-0.2, 0) is 19.1 Å². The van der Waals surface area contributed by atoms with E-state index in [1.165, 1.54) is 0 Å². The molecule has 1 aliphatic carbocycles. The standard InChI is InChI=1S/C50H36N4O2/c1-53-45-29-28-36(30-46(45)54(32-55)49(53)56)33-24-26-34(27-25-33)43-31-44(52-48(51-43)35-14-5-2-6-15-35)40-21-13-23-42-47(40)39-20-11-12-22-41(39)50(42,37-16-7-3-8-17-37)38-18-9-4-10-19-38/h2-31,55H,32H2,1H3/i1D3,24D,25D,26D,27D,28D,29D,30D,32D2. The Morgan fingerprint density at radius 2 is 1.21 bits per heavy atom. The van der Waals surface area contributed by atoms with Gasteiger partial charge in [-0.3, -0.25) is 9.13 Å². The van der Waals surface area contributed by atoms with Gasteiger partial charge in [-0.15, -0.1) is 0 Å². The molecule has 0 unspecified atom stereocenters. The first-order chi connectivity index (χ1) is 32.4. The zero-order valence-electron chi connectivity index (χ0n) is 41.4. The van der Waals surface area contributed by atoms with Crippen LogP contribution in [-0.4, -0.2) is 24.2 Å². The van der Waals surface area contributed by atoms with Crippen molar-refractivity contribution in [3.63, 3.8) is 0 Å². The van der Waals surface area contributed by atoms with Gasteiger partial charge in [-0.05, 0) is 62.7 Å². The molecule has 0 atom stereocenters. The topological polar surface area (TPSA) is 72.9 Å². The minimum Gasteiger partial charge on any atom is -0.376 e. The molecule has 0 bridgehead atoms. The van der Waals surface area contributed by atoms with Crippen molar-refractivity contribution in [3.8, 4) is 56.2 Å². The monoisotopic (exact) mass is 736 g/mol. The Labute approximate surface area is 341 Å². The lowest BCUT2D eigenvalue weighted by Crippen LogP contribution is -2.28. The summed E-state index contributed by atoms with van der Waals surface area (Å²) in [5.74, 6) is 0.210. The Balaban J connectivity index is 1.24. The summed E-state index contributed by atoms with van der Waals surface area (Å²) < 4.78 is 104. The van der Waals surface area contributed by atoms with Crippen LogP contribution in [0, 0.1) is 0 Å². The molecule has 56 heavy (non-hydrogen) atoms. The fraction of sp³-hybridized carbons (Fsp3) is 0.0600. The Kier molecular flexibility index (Phi) is 5.45. The summed E-state index contributed by atoms with van der Waals surface area (Å²) in [6.45, 7) is -6.96. The van der Waals surface area contributed by atoms with E-state index in [9.17, 15) is 15.4 Å². The predicted octanol–water partition coefficient (Wildman–Crippen LogP) is 10.1. The minimum absolute atomic E-state index is 0.00423. The van der Waals surface area contributed by atoms with E-state index in [1.54, 1.807) is 18.2 Å². The summed E-state index contributed by atoms with van der Waals surface area (Å²) in [6.07, 6.45) is 0. The van der Waals surface area contributed by atoms with Crippen molar-refractivity contribution in [2.45, 2.75) is 12.1 Å². The molecule has 6 nitrogen and oxygen atoms in total. The molecular formula is C50H36N4O2. The van der Waals surface area contributed by atoms with Crippen LogP contribution < -0.4 is 5.69 Å². The van der Waals surface area contributed by atoms with Gasteiger partial charge in [0.15, 0.2) is 5.82 Å². The van der Waals surface area contributed by atoms with Crippen LogP contribution >= 0.6 is 0 Å². The van der Waals surface area contributed by atoms with Crippen molar-refractivity contribution >= 4 is 11.0 Å². The molecule has 2 aromatic heterocycles. The Hall–Kier alpha value is -7.15. The van der Waals surface area contributed by atoms with Crippen LogP contribution in [0.15, 0.2) is 187 Å². The number of nitrogens with zero attached hydrogens (tertiary/aromatic N) is 4. The molecule has 0 amide bonds. The number of aliphatic hydroxyl groups is 1. The van der Waals surface area contributed by atoms with Crippen molar-refractivity contribution in [2.24, 2.45) is 6.98 Å². The molecule has 0 fully saturated rings. The minimum atomic E-state index is -3.61. The smallest absolute Gasteiger partial charge is 0.330 e. The van der Waals surface area contributed by atoms with Crippen LogP contribution in [0.1, 0.15) is 38.7 Å². The molecule has 1 aliphatic rings. The van der Waals surface area contributed by atoms with Crippen molar-refractivity contribution < 1.29 is 21.6 Å². The van der Waals surface area contributed by atoms with E-state index in [4.69, 9.17) is 20.9 Å². The molecule has 6 heteroatoms. The second kappa shape index (κ2) is 13.3. The van der Waals surface area contributed by atoms with Gasteiger partial charge in [0.1, 0.15) is 6.68 Å². The number of aryl methyl sites for hydroxylation is 1. The van der Waals surface area contributed by atoms with Gasteiger partial charge < -0.3 is 5.11 Å². The van der Waals surface area contributed by atoms with Gasteiger partial charge in [-0.25, -0.2) is 14.8 Å². The zero-order chi connectivity index (χ0) is 48.2. The average molecular weight is 737 g/mol. The van der Waals surface area contributed by atoms with Gasteiger partial charge in [0, 0.05) is 27.8 Å². The number of imidazole rings is 1. The summed E-state index contributed by atoms with van der Waals surface area (Å²) in [4.78, 5) is 23.4. The Morgan fingerprint density at radius 3 is 1.91 bits per heavy atom. The van der Waals surface area contributed by atoms with Gasteiger partial charge >= 0.3 is 5.69 Å². The SMILES string of the molecule is [2H]c1c([2H])c(-c2c([2H])c([2H])c3c(c2[2H])n(C([2H])([2H])O)c(=O)n3C([2H])([2H])[2H])c([2H])c([2H])c1-c1cc(-c2cccc3c2-c2ccccc2C3(c2ccccc2)c2ccccc2)nc(-c2ccccc2)n1. The maximum Gasteiger partial charge on any atom is 0.330 e. The number of hydrogen-bond donors (Lipinski definition) is 1. The molecule has 7 aromatic carbocycles. The largest absolute Gasteiger partial charge is 0.376 e. The fourth-order valence-electron chi connectivity index (χ4n) is 7.92. The summed E-state index contributed by atoms with van der Waals surface area (Å²) >= 11 is 0. The molecule has 2 heterocycles. The van der Waals surface area contributed by atoms with Crippen molar-refractivity contribution in [2.75, 3.05) is 0 Å². The average Bonchev–Trinajstić information content (AvgIpc) is 3.83. The van der Waals surface area contributed by atoms with Crippen molar-refractivity contribution in [3.05, 3.63) is 215 Å². The molecule has 1 N–H and O–H groups in total. The number of benzene rings is 7. The first-order valence-corrected chi connectivity index (χ1v) is 17.8. The Morgan fingerprint density at radius 1 is 0.625 bits per heavy atom. The van der Waals surface area contributed by atoms with Crippen molar-refractivity contribution in [1.82, 2.24) is 19.1 Å². The summed E-state index contributed by atoms with van der Waals surface area (Å²) in [5, 5.41) is 10.5. The van der Waals surface area contributed by atoms with Crippen LogP contribution in [0.3, 0.4) is 0 Å². The number of hydrogen-bond acceptors (Lipinski definition) is 4. The number of fused-ring (bicyclic) bond motifs is 4. The van der Waals surface area contributed by atoms with Crippen LogP contribution in [0.2, 0.25) is 0 Å². The van der Waals surface area contributed by atoms with E-state index in [1.807, 2.05) is 78.9 Å². The van der Waals surface area contributed by atoms with E-state index < -0.39 is 89.2 Å². The fourth-order valence-corrected chi connectivity index (χ4v) is 7.92. The molecule has 10 rings (SSSR count). The first-order valence-electron chi connectivity index (χ1n) is 23.8. The van der Waals surface area contributed by atoms with Crippen LogP contribution in [0.25, 0.3) is 67.2 Å². The molecule has 0 aliphatic heterocycles. The molecule has 0 radical (unpaired) electrons. The molecule has 0 saturated heterocycles. The normalized spacial score (nSPS) is 16.3. The third-order valence-electron chi connectivity index (χ3n) is 10.4. The highest BCUT2D eigenvalue weighted by Crippen LogP contribution is 2.58. The lowest BCUT2D eigenvalue weighted by Gasteiger charge is -2.33. The third-order valence-corrected chi connectivity index (χ3v) is 10.4. The lowest BCUT2D eigenvalue weighted by atomic mass is 9.67. The van der Waals surface area contributed by atoms with Crippen LogP contribution in [0.5, 0.6) is 0 Å². The molecule has 0 saturated carbocycles. The first kappa shape index (κ1) is 22.9. The van der Waals surface area contributed by atoms with E-state index >= 15 is 0 Å². The maximum absolute atomic E-state index is 13.4. The third kappa shape index (κ3) is 5.11. The highest BCUT2D eigenvalue weighted by Gasteiger charge is 2.46. The maximum atomic E-state index is 13.4. The van der Waals surface area contributed by atoms with Gasteiger partial charge in [0.25, 0.3) is 0 Å². The van der Waals surface area contributed by atoms with Gasteiger partial charge in [-0.1, -0.05) is 164 Å². The lowest BCUT2D eigenvalue weighted by molar-refractivity contribution is 0.210. The number of aromatic nitrogens is 4.